The summed E-state index contributed by atoms with van der Waals surface area (Å²) >= 11 is 0. The predicted molar refractivity (Wildman–Crippen MR) is 58.4 cm³/mol. The molecule has 15 heavy (non-hydrogen) atoms. The zero-order valence-corrected chi connectivity index (χ0v) is 8.60. The van der Waals surface area contributed by atoms with Gasteiger partial charge in [-0.05, 0) is 12.1 Å². The Bertz CT molecular complexity index is 295. The third kappa shape index (κ3) is 3.70. The van der Waals surface area contributed by atoms with Gasteiger partial charge in [-0.2, -0.15) is 0 Å². The van der Waals surface area contributed by atoms with E-state index in [0.29, 0.717) is 18.2 Å². The van der Waals surface area contributed by atoms with Crippen molar-refractivity contribution in [1.29, 1.82) is 0 Å². The Morgan fingerprint density at radius 2 is 2.27 bits per heavy atom. The van der Waals surface area contributed by atoms with E-state index in [2.05, 4.69) is 15.7 Å². The highest BCUT2D eigenvalue weighted by Crippen LogP contribution is 2.09. The molecule has 0 aliphatic carbocycles. The molecular weight excluding hydrogens is 196 g/mol. The van der Waals surface area contributed by atoms with Gasteiger partial charge in [-0.3, -0.25) is 0 Å². The number of nitrogens with one attached hydrogen (secondary N) is 2. The molecular formula is C9H16N4O2. The molecule has 0 spiro atoms. The van der Waals surface area contributed by atoms with Crippen LogP contribution in [0.15, 0.2) is 18.2 Å². The highest BCUT2D eigenvalue weighted by molar-refractivity contribution is 5.44. The summed E-state index contributed by atoms with van der Waals surface area (Å²) in [5.74, 6) is 6.43. The van der Waals surface area contributed by atoms with Crippen molar-refractivity contribution in [3.8, 4) is 0 Å². The molecule has 1 unspecified atom stereocenters. The molecule has 1 heterocycles. The van der Waals surface area contributed by atoms with E-state index in [1.807, 2.05) is 6.07 Å². The van der Waals surface area contributed by atoms with Gasteiger partial charge in [0.05, 0.1) is 19.3 Å². The number of rotatable bonds is 6. The molecule has 0 radical (unpaired) electrons. The molecule has 0 fully saturated rings. The molecule has 0 saturated heterocycles. The number of hydrazine groups is 1. The number of ether oxygens (including phenoxy) is 1. The Kier molecular flexibility index (Phi) is 4.82. The molecule has 0 aromatic carbocycles. The van der Waals surface area contributed by atoms with E-state index in [1.54, 1.807) is 19.2 Å². The molecule has 84 valence electrons. The molecule has 0 aliphatic rings. The Labute approximate surface area is 88.4 Å². The summed E-state index contributed by atoms with van der Waals surface area (Å²) in [4.78, 5) is 4.15. The number of pyridine rings is 1. The van der Waals surface area contributed by atoms with Crippen LogP contribution in [-0.4, -0.2) is 36.5 Å². The fraction of sp³-hybridized carbons (Fsp3) is 0.444. The van der Waals surface area contributed by atoms with Gasteiger partial charge in [0, 0.05) is 7.11 Å². The summed E-state index contributed by atoms with van der Waals surface area (Å²) in [6.45, 7) is 0.397. The SMILES string of the molecule is COCC(CO)Nc1cccc(NN)n1. The predicted octanol–water partition coefficient (Wildman–Crippen LogP) is -0.214. The molecule has 5 N–H and O–H groups in total. The van der Waals surface area contributed by atoms with Crippen LogP contribution in [0.5, 0.6) is 0 Å². The quantitative estimate of drug-likeness (QED) is 0.385. The molecule has 0 aliphatic heterocycles. The zero-order chi connectivity index (χ0) is 11.1. The maximum atomic E-state index is 9.03. The number of nitrogens with two attached hydrogens (primary N) is 1. The first-order chi connectivity index (χ1) is 7.30. The smallest absolute Gasteiger partial charge is 0.142 e. The maximum Gasteiger partial charge on any atom is 0.142 e. The second-order valence-electron chi connectivity index (χ2n) is 3.03. The number of hydrogen-bond donors (Lipinski definition) is 4. The van der Waals surface area contributed by atoms with E-state index in [0.717, 1.165) is 0 Å². The molecule has 6 heteroatoms. The van der Waals surface area contributed by atoms with Crippen molar-refractivity contribution in [2.24, 2.45) is 5.84 Å². The van der Waals surface area contributed by atoms with Gasteiger partial charge in [0.15, 0.2) is 0 Å². The van der Waals surface area contributed by atoms with Gasteiger partial charge in [0.25, 0.3) is 0 Å². The van der Waals surface area contributed by atoms with E-state index in [1.165, 1.54) is 0 Å². The number of methoxy groups -OCH3 is 1. The zero-order valence-electron chi connectivity index (χ0n) is 8.60. The van der Waals surface area contributed by atoms with Gasteiger partial charge in [-0.1, -0.05) is 6.07 Å². The van der Waals surface area contributed by atoms with Gasteiger partial charge in [0.2, 0.25) is 0 Å². The van der Waals surface area contributed by atoms with Crippen molar-refractivity contribution in [2.45, 2.75) is 6.04 Å². The third-order valence-electron chi connectivity index (χ3n) is 1.84. The van der Waals surface area contributed by atoms with Crippen LogP contribution in [0, 0.1) is 0 Å². The summed E-state index contributed by atoms with van der Waals surface area (Å²) in [5.41, 5.74) is 2.45. The molecule has 0 amide bonds. The maximum absolute atomic E-state index is 9.03. The van der Waals surface area contributed by atoms with Crippen molar-refractivity contribution in [1.82, 2.24) is 4.98 Å². The van der Waals surface area contributed by atoms with Crippen molar-refractivity contribution < 1.29 is 9.84 Å². The average molecular weight is 212 g/mol. The van der Waals surface area contributed by atoms with Crippen LogP contribution in [0.25, 0.3) is 0 Å². The first-order valence-corrected chi connectivity index (χ1v) is 4.60. The van der Waals surface area contributed by atoms with Crippen molar-refractivity contribution in [2.75, 3.05) is 31.1 Å². The van der Waals surface area contributed by atoms with Gasteiger partial charge in [0.1, 0.15) is 11.6 Å². The number of aliphatic hydroxyl groups is 1. The summed E-state index contributed by atoms with van der Waals surface area (Å²) < 4.78 is 4.93. The van der Waals surface area contributed by atoms with Crippen LogP contribution in [0.2, 0.25) is 0 Å². The minimum Gasteiger partial charge on any atom is -0.394 e. The van der Waals surface area contributed by atoms with Crippen LogP contribution < -0.4 is 16.6 Å². The van der Waals surface area contributed by atoms with Gasteiger partial charge < -0.3 is 20.6 Å². The topological polar surface area (TPSA) is 92.4 Å². The molecule has 0 saturated carbocycles. The van der Waals surface area contributed by atoms with Crippen LogP contribution in [-0.2, 0) is 4.74 Å². The lowest BCUT2D eigenvalue weighted by Gasteiger charge is -2.16. The van der Waals surface area contributed by atoms with E-state index in [-0.39, 0.29) is 12.6 Å². The lowest BCUT2D eigenvalue weighted by Crippen LogP contribution is -2.29. The standard InChI is InChI=1S/C9H16N4O2/c1-15-6-7(5-14)11-8-3-2-4-9(12-8)13-10/h2-4,7,14H,5-6,10H2,1H3,(H2,11,12,13). The second-order valence-corrected chi connectivity index (χ2v) is 3.03. The number of hydrogen-bond acceptors (Lipinski definition) is 6. The number of nitrogen functional groups attached to an aromatic ring is 1. The lowest BCUT2D eigenvalue weighted by atomic mass is 10.3. The van der Waals surface area contributed by atoms with E-state index < -0.39 is 0 Å². The molecule has 1 atom stereocenters. The Morgan fingerprint density at radius 1 is 1.53 bits per heavy atom. The summed E-state index contributed by atoms with van der Waals surface area (Å²) in [6.07, 6.45) is 0. The van der Waals surface area contributed by atoms with Crippen LogP contribution in [0.4, 0.5) is 11.6 Å². The highest BCUT2D eigenvalue weighted by Gasteiger charge is 2.07. The summed E-state index contributed by atoms with van der Waals surface area (Å²) in [6, 6.07) is 5.18. The van der Waals surface area contributed by atoms with Gasteiger partial charge in [-0.25, -0.2) is 10.8 Å². The fourth-order valence-corrected chi connectivity index (χ4v) is 1.15. The minimum absolute atomic E-state index is 0.0181. The van der Waals surface area contributed by atoms with Crippen molar-refractivity contribution >= 4 is 11.6 Å². The summed E-state index contributed by atoms with van der Waals surface area (Å²) in [7, 11) is 1.58. The van der Waals surface area contributed by atoms with Crippen LogP contribution in [0.1, 0.15) is 0 Å². The molecule has 1 aromatic heterocycles. The largest absolute Gasteiger partial charge is 0.394 e. The van der Waals surface area contributed by atoms with Crippen molar-refractivity contribution in [3.63, 3.8) is 0 Å². The number of aliphatic hydroxyl groups excluding tert-OH is 1. The van der Waals surface area contributed by atoms with Crippen molar-refractivity contribution in [3.05, 3.63) is 18.2 Å². The van der Waals surface area contributed by atoms with Crippen LogP contribution in [0.3, 0.4) is 0 Å². The number of aromatic nitrogens is 1. The molecule has 1 rings (SSSR count). The first kappa shape index (κ1) is 11.7. The van der Waals surface area contributed by atoms with E-state index >= 15 is 0 Å². The number of anilines is 2. The lowest BCUT2D eigenvalue weighted by molar-refractivity contribution is 0.153. The van der Waals surface area contributed by atoms with Gasteiger partial charge in [-0.15, -0.1) is 0 Å². The Morgan fingerprint density at radius 3 is 2.87 bits per heavy atom. The molecule has 1 aromatic rings. The normalized spacial score (nSPS) is 12.2. The van der Waals surface area contributed by atoms with E-state index in [4.69, 9.17) is 15.7 Å². The van der Waals surface area contributed by atoms with Crippen LogP contribution >= 0.6 is 0 Å². The first-order valence-electron chi connectivity index (χ1n) is 4.60. The fourth-order valence-electron chi connectivity index (χ4n) is 1.15. The second kappa shape index (κ2) is 6.18. The third-order valence-corrected chi connectivity index (χ3v) is 1.84. The highest BCUT2D eigenvalue weighted by atomic mass is 16.5. The Hall–Kier alpha value is -1.37. The monoisotopic (exact) mass is 212 g/mol. The molecule has 0 bridgehead atoms. The Balaban J connectivity index is 2.61. The summed E-state index contributed by atoms with van der Waals surface area (Å²) in [5, 5.41) is 12.1. The van der Waals surface area contributed by atoms with Gasteiger partial charge >= 0.3 is 0 Å². The van der Waals surface area contributed by atoms with E-state index in [9.17, 15) is 0 Å². The molecule has 6 nitrogen and oxygen atoms in total. The average Bonchev–Trinajstić information content (AvgIpc) is 2.29. The minimum atomic E-state index is -0.171. The number of nitrogens with zero attached hydrogens (tertiary/aromatic N) is 1.